The molecule has 6 nitrogen and oxygen atoms in total. The second-order valence-corrected chi connectivity index (χ2v) is 7.53. The number of sulfone groups is 1. The molecular formula is C14H17NO5S. The highest BCUT2D eigenvalue weighted by Gasteiger charge is 2.34. The van der Waals surface area contributed by atoms with E-state index in [4.69, 9.17) is 5.11 Å². The Labute approximate surface area is 123 Å². The lowest BCUT2D eigenvalue weighted by molar-refractivity contribution is -0.133. The molecule has 1 N–H and O–H groups in total. The van der Waals surface area contributed by atoms with Crippen LogP contribution >= 0.6 is 0 Å². The quantitative estimate of drug-likeness (QED) is 0.887. The molecule has 1 aliphatic rings. The van der Waals surface area contributed by atoms with Crippen LogP contribution in [-0.4, -0.2) is 48.9 Å². The van der Waals surface area contributed by atoms with E-state index in [1.807, 2.05) is 0 Å². The van der Waals surface area contributed by atoms with E-state index in [1.54, 1.807) is 19.2 Å². The molecule has 7 heteroatoms. The van der Waals surface area contributed by atoms with Crippen LogP contribution in [0.4, 0.5) is 0 Å². The van der Waals surface area contributed by atoms with Gasteiger partial charge in [0.25, 0.3) is 0 Å². The zero-order valence-electron chi connectivity index (χ0n) is 11.7. The number of amides is 1. The van der Waals surface area contributed by atoms with E-state index in [9.17, 15) is 18.0 Å². The van der Waals surface area contributed by atoms with Crippen LogP contribution in [-0.2, 0) is 21.2 Å². The zero-order valence-corrected chi connectivity index (χ0v) is 12.5. The number of rotatable bonds is 4. The van der Waals surface area contributed by atoms with E-state index in [1.165, 1.54) is 17.0 Å². The number of carbonyl (C=O) groups excluding carboxylic acids is 1. The lowest BCUT2D eigenvalue weighted by Crippen LogP contribution is -2.33. The average Bonchev–Trinajstić information content (AvgIpc) is 2.78. The first-order valence-corrected chi connectivity index (χ1v) is 8.38. The molecule has 0 aliphatic carbocycles. The summed E-state index contributed by atoms with van der Waals surface area (Å²) in [6, 6.07) is 6.27. The summed E-state index contributed by atoms with van der Waals surface area (Å²) in [4.78, 5) is 24.4. The number of benzene rings is 1. The van der Waals surface area contributed by atoms with Gasteiger partial charge in [-0.25, -0.2) is 13.2 Å². The van der Waals surface area contributed by atoms with Crippen molar-refractivity contribution in [1.29, 1.82) is 0 Å². The van der Waals surface area contributed by atoms with Gasteiger partial charge in [0.1, 0.15) is 0 Å². The molecule has 1 atom stereocenters. The van der Waals surface area contributed by atoms with Crippen molar-refractivity contribution in [1.82, 2.24) is 4.90 Å². The molecule has 0 bridgehead atoms. The van der Waals surface area contributed by atoms with E-state index < -0.39 is 21.7 Å². The van der Waals surface area contributed by atoms with Crippen LogP contribution in [0.5, 0.6) is 0 Å². The largest absolute Gasteiger partial charge is 0.478 e. The van der Waals surface area contributed by atoms with Crippen molar-refractivity contribution in [3.63, 3.8) is 0 Å². The summed E-state index contributed by atoms with van der Waals surface area (Å²) in [6.45, 7) is 0.329. The Morgan fingerprint density at radius 2 is 1.90 bits per heavy atom. The van der Waals surface area contributed by atoms with Gasteiger partial charge in [-0.3, -0.25) is 4.79 Å². The molecule has 1 aromatic rings. The number of carboxylic acid groups (broad SMARTS) is 1. The van der Waals surface area contributed by atoms with Crippen LogP contribution in [0.3, 0.4) is 0 Å². The van der Waals surface area contributed by atoms with Crippen LogP contribution in [0.25, 0.3) is 0 Å². The van der Waals surface area contributed by atoms with Crippen molar-refractivity contribution >= 4 is 21.7 Å². The van der Waals surface area contributed by atoms with Crippen molar-refractivity contribution in [2.24, 2.45) is 5.92 Å². The van der Waals surface area contributed by atoms with E-state index in [-0.39, 0.29) is 23.0 Å². The van der Waals surface area contributed by atoms with Gasteiger partial charge in [-0.2, -0.15) is 0 Å². The van der Waals surface area contributed by atoms with Crippen LogP contribution < -0.4 is 0 Å². The lowest BCUT2D eigenvalue weighted by atomic mass is 10.1. The molecule has 1 heterocycles. The fourth-order valence-corrected chi connectivity index (χ4v) is 4.14. The maximum atomic E-state index is 12.2. The smallest absolute Gasteiger partial charge is 0.335 e. The Bertz CT molecular complexity index is 650. The minimum absolute atomic E-state index is 0.0740. The van der Waals surface area contributed by atoms with Gasteiger partial charge in [-0.1, -0.05) is 12.1 Å². The summed E-state index contributed by atoms with van der Waals surface area (Å²) in [5, 5.41) is 8.82. The summed E-state index contributed by atoms with van der Waals surface area (Å²) in [6.07, 6.45) is 0.378. The molecular weight excluding hydrogens is 294 g/mol. The van der Waals surface area contributed by atoms with Crippen LogP contribution in [0.2, 0.25) is 0 Å². The number of hydrogen-bond acceptors (Lipinski definition) is 4. The molecule has 0 spiro atoms. The van der Waals surface area contributed by atoms with Gasteiger partial charge in [-0.05, 0) is 24.1 Å². The first-order valence-electron chi connectivity index (χ1n) is 6.56. The molecule has 1 fully saturated rings. The van der Waals surface area contributed by atoms with Gasteiger partial charge in [0, 0.05) is 13.6 Å². The first-order chi connectivity index (χ1) is 9.78. The van der Waals surface area contributed by atoms with Crippen LogP contribution in [0.1, 0.15) is 22.3 Å². The molecule has 114 valence electrons. The first kappa shape index (κ1) is 15.5. The third-order valence-electron chi connectivity index (χ3n) is 3.58. The molecule has 1 saturated heterocycles. The number of aromatic carboxylic acids is 1. The van der Waals surface area contributed by atoms with Crippen molar-refractivity contribution in [3.8, 4) is 0 Å². The molecule has 2 rings (SSSR count). The minimum atomic E-state index is -3.07. The molecule has 0 saturated carbocycles. The number of carboxylic acids is 1. The molecule has 0 radical (unpaired) electrons. The second-order valence-electron chi connectivity index (χ2n) is 5.30. The Balaban J connectivity index is 1.99. The molecule has 1 aliphatic heterocycles. The third-order valence-corrected chi connectivity index (χ3v) is 5.35. The maximum absolute atomic E-state index is 12.2. The van der Waals surface area contributed by atoms with Gasteiger partial charge in [0.15, 0.2) is 9.84 Å². The predicted octanol–water partition coefficient (Wildman–Crippen LogP) is 0.778. The van der Waals surface area contributed by atoms with Crippen molar-refractivity contribution in [3.05, 3.63) is 35.4 Å². The minimum Gasteiger partial charge on any atom is -0.478 e. The van der Waals surface area contributed by atoms with E-state index in [0.717, 1.165) is 5.56 Å². The molecule has 21 heavy (non-hydrogen) atoms. The highest BCUT2D eigenvalue weighted by molar-refractivity contribution is 7.91. The fraction of sp³-hybridized carbons (Fsp3) is 0.429. The molecule has 0 aromatic heterocycles. The Morgan fingerprint density at radius 1 is 1.29 bits per heavy atom. The van der Waals surface area contributed by atoms with Crippen LogP contribution in [0.15, 0.2) is 24.3 Å². The van der Waals surface area contributed by atoms with E-state index >= 15 is 0 Å². The summed E-state index contributed by atoms with van der Waals surface area (Å²) in [7, 11) is -1.45. The summed E-state index contributed by atoms with van der Waals surface area (Å²) >= 11 is 0. The second kappa shape index (κ2) is 5.85. The fourth-order valence-electron chi connectivity index (χ4n) is 2.41. The highest BCUT2D eigenvalue weighted by Crippen LogP contribution is 2.21. The monoisotopic (exact) mass is 311 g/mol. The third kappa shape index (κ3) is 3.81. The van der Waals surface area contributed by atoms with Crippen molar-refractivity contribution < 1.29 is 23.1 Å². The molecule has 1 amide bonds. The number of nitrogens with zero attached hydrogens (tertiary/aromatic N) is 1. The maximum Gasteiger partial charge on any atom is 0.335 e. The SMILES string of the molecule is CN(Cc1ccc(C(=O)O)cc1)C(=O)C1CCS(=O)(=O)C1. The van der Waals surface area contributed by atoms with Gasteiger partial charge in [-0.15, -0.1) is 0 Å². The summed E-state index contributed by atoms with van der Waals surface area (Å²) in [5.74, 6) is -1.64. The van der Waals surface area contributed by atoms with E-state index in [0.29, 0.717) is 13.0 Å². The summed E-state index contributed by atoms with van der Waals surface area (Å²) < 4.78 is 22.8. The average molecular weight is 311 g/mol. The highest BCUT2D eigenvalue weighted by atomic mass is 32.2. The van der Waals surface area contributed by atoms with Crippen LogP contribution in [0, 0.1) is 5.92 Å². The standard InChI is InChI=1S/C14H17NO5S/c1-15(13(16)12-6-7-21(19,20)9-12)8-10-2-4-11(5-3-10)14(17)18/h2-5,12H,6-9H2,1H3,(H,17,18). The predicted molar refractivity (Wildman–Crippen MR) is 76.6 cm³/mol. The van der Waals surface area contributed by atoms with Gasteiger partial charge in [0.05, 0.1) is 23.0 Å². The van der Waals surface area contributed by atoms with Crippen molar-refractivity contribution in [2.45, 2.75) is 13.0 Å². The summed E-state index contributed by atoms with van der Waals surface area (Å²) in [5.41, 5.74) is 0.992. The van der Waals surface area contributed by atoms with Gasteiger partial charge in [0.2, 0.25) is 5.91 Å². The number of carbonyl (C=O) groups is 2. The van der Waals surface area contributed by atoms with E-state index in [2.05, 4.69) is 0 Å². The van der Waals surface area contributed by atoms with Crippen molar-refractivity contribution in [2.75, 3.05) is 18.6 Å². The Hall–Kier alpha value is -1.89. The zero-order chi connectivity index (χ0) is 15.6. The van der Waals surface area contributed by atoms with Gasteiger partial charge >= 0.3 is 5.97 Å². The molecule has 1 aromatic carbocycles. The number of hydrogen-bond donors (Lipinski definition) is 1. The normalized spacial score (nSPS) is 20.1. The Morgan fingerprint density at radius 3 is 2.38 bits per heavy atom. The lowest BCUT2D eigenvalue weighted by Gasteiger charge is -2.20. The molecule has 1 unspecified atom stereocenters. The Kier molecular flexibility index (Phi) is 4.32. The topological polar surface area (TPSA) is 91.8 Å². The van der Waals surface area contributed by atoms with Gasteiger partial charge < -0.3 is 10.0 Å².